The monoisotopic (exact) mass is 428 g/mol. The normalized spacial score (nSPS) is 22.9. The number of hydrogen-bond acceptors (Lipinski definition) is 5. The van der Waals surface area contributed by atoms with Crippen LogP contribution in [0.1, 0.15) is 39.0 Å². The number of para-hydroxylation sites is 1. The number of carbonyl (C=O) groups is 3. The molecule has 1 N–H and O–H groups in total. The van der Waals surface area contributed by atoms with Crippen molar-refractivity contribution in [3.05, 3.63) is 30.3 Å². The van der Waals surface area contributed by atoms with Crippen molar-refractivity contribution in [2.75, 3.05) is 44.4 Å². The maximum absolute atomic E-state index is 13.6. The van der Waals surface area contributed by atoms with Crippen LogP contribution in [0.3, 0.4) is 0 Å². The number of likely N-dealkylation sites (tertiary alicyclic amines) is 1. The lowest BCUT2D eigenvalue weighted by atomic mass is 9.85. The Bertz CT molecular complexity index is 801. The molecule has 8 nitrogen and oxygen atoms in total. The van der Waals surface area contributed by atoms with Gasteiger partial charge < -0.3 is 24.8 Å². The van der Waals surface area contributed by atoms with Gasteiger partial charge in [0.1, 0.15) is 12.1 Å². The highest BCUT2D eigenvalue weighted by molar-refractivity contribution is 5.96. The summed E-state index contributed by atoms with van der Waals surface area (Å²) in [6.45, 7) is 4.62. The number of nitrogens with one attached hydrogen (secondary N) is 1. The third kappa shape index (κ3) is 4.39. The summed E-state index contributed by atoms with van der Waals surface area (Å²) >= 11 is 0. The van der Waals surface area contributed by atoms with Gasteiger partial charge in [-0.3, -0.25) is 14.4 Å². The van der Waals surface area contributed by atoms with Crippen LogP contribution in [0.2, 0.25) is 0 Å². The predicted octanol–water partition coefficient (Wildman–Crippen LogP) is 1.36. The zero-order valence-electron chi connectivity index (χ0n) is 18.2. The number of piperidine rings is 1. The Labute approximate surface area is 183 Å². The van der Waals surface area contributed by atoms with Crippen LogP contribution in [0.25, 0.3) is 0 Å². The lowest BCUT2D eigenvalue weighted by Crippen LogP contribution is -2.57. The Morgan fingerprint density at radius 2 is 1.94 bits per heavy atom. The molecule has 0 unspecified atom stereocenters. The molecule has 0 saturated carbocycles. The molecular formula is C23H32N4O4. The van der Waals surface area contributed by atoms with E-state index in [9.17, 15) is 14.4 Å². The maximum atomic E-state index is 13.6. The third-order valence-electron chi connectivity index (χ3n) is 6.71. The Balaban J connectivity index is 1.47. The first-order chi connectivity index (χ1) is 15.0. The van der Waals surface area contributed by atoms with Crippen LogP contribution in [0.15, 0.2) is 30.3 Å². The quantitative estimate of drug-likeness (QED) is 0.740. The van der Waals surface area contributed by atoms with Crippen molar-refractivity contribution in [1.82, 2.24) is 15.1 Å². The second-order valence-electron chi connectivity index (χ2n) is 8.61. The molecule has 31 heavy (non-hydrogen) atoms. The van der Waals surface area contributed by atoms with Gasteiger partial charge in [0.25, 0.3) is 5.91 Å². The smallest absolute Gasteiger partial charge is 0.250 e. The summed E-state index contributed by atoms with van der Waals surface area (Å²) < 4.78 is 5.56. The summed E-state index contributed by atoms with van der Waals surface area (Å²) in [5.41, 5.74) is 0.258. The van der Waals surface area contributed by atoms with E-state index >= 15 is 0 Å². The van der Waals surface area contributed by atoms with Crippen molar-refractivity contribution in [2.24, 2.45) is 0 Å². The standard InChI is InChI=1S/C23H32N4O4/c1-2-21(29)25-12-10-23(11-13-25)22(30)26(17-27(23)18-7-4-3-5-8-18)16-20(28)24-15-19-9-6-14-31-19/h3-5,7-8,19H,2,6,9-17H2,1H3,(H,24,28)/t19-/m0/s1. The van der Waals surface area contributed by atoms with Crippen molar-refractivity contribution in [1.29, 1.82) is 0 Å². The van der Waals surface area contributed by atoms with Crippen LogP contribution >= 0.6 is 0 Å². The van der Waals surface area contributed by atoms with Gasteiger partial charge in [-0.05, 0) is 37.8 Å². The van der Waals surface area contributed by atoms with Crippen LogP contribution in [0, 0.1) is 0 Å². The highest BCUT2D eigenvalue weighted by atomic mass is 16.5. The summed E-state index contributed by atoms with van der Waals surface area (Å²) in [5.74, 6) is -0.0587. The van der Waals surface area contributed by atoms with E-state index in [0.29, 0.717) is 45.6 Å². The van der Waals surface area contributed by atoms with Crippen LogP contribution in [-0.4, -0.2) is 78.6 Å². The minimum absolute atomic E-state index is 0.0211. The average molecular weight is 429 g/mol. The van der Waals surface area contributed by atoms with Crippen molar-refractivity contribution in [3.8, 4) is 0 Å². The number of nitrogens with zero attached hydrogens (tertiary/aromatic N) is 3. The molecule has 4 rings (SSSR count). The van der Waals surface area contributed by atoms with Crippen LogP contribution in [0.4, 0.5) is 5.69 Å². The van der Waals surface area contributed by atoms with Crippen LogP contribution in [0.5, 0.6) is 0 Å². The van der Waals surface area contributed by atoms with Gasteiger partial charge in [-0.1, -0.05) is 25.1 Å². The van der Waals surface area contributed by atoms with E-state index in [0.717, 1.165) is 25.1 Å². The lowest BCUT2D eigenvalue weighted by molar-refractivity contribution is -0.139. The molecule has 0 radical (unpaired) electrons. The van der Waals surface area contributed by atoms with Gasteiger partial charge in [-0.15, -0.1) is 0 Å². The Morgan fingerprint density at radius 3 is 2.58 bits per heavy atom. The average Bonchev–Trinajstić information content (AvgIpc) is 3.41. The lowest BCUT2D eigenvalue weighted by Gasteiger charge is -2.43. The van der Waals surface area contributed by atoms with Gasteiger partial charge in [0.15, 0.2) is 0 Å². The molecule has 3 amide bonds. The van der Waals surface area contributed by atoms with E-state index in [1.165, 1.54) is 0 Å². The number of rotatable bonds is 6. The highest BCUT2D eigenvalue weighted by Gasteiger charge is 2.54. The summed E-state index contributed by atoms with van der Waals surface area (Å²) in [6.07, 6.45) is 3.67. The fraction of sp³-hybridized carbons (Fsp3) is 0.609. The van der Waals surface area contributed by atoms with Crippen LogP contribution in [-0.2, 0) is 19.1 Å². The minimum Gasteiger partial charge on any atom is -0.376 e. The van der Waals surface area contributed by atoms with Crippen molar-refractivity contribution < 1.29 is 19.1 Å². The second-order valence-corrected chi connectivity index (χ2v) is 8.61. The van der Waals surface area contributed by atoms with Gasteiger partial charge >= 0.3 is 0 Å². The Hall–Kier alpha value is -2.61. The van der Waals surface area contributed by atoms with E-state index < -0.39 is 5.54 Å². The topological polar surface area (TPSA) is 82.2 Å². The predicted molar refractivity (Wildman–Crippen MR) is 116 cm³/mol. The molecule has 3 aliphatic rings. The summed E-state index contributed by atoms with van der Waals surface area (Å²) in [6, 6.07) is 9.87. The number of benzene rings is 1. The third-order valence-corrected chi connectivity index (χ3v) is 6.71. The van der Waals surface area contributed by atoms with E-state index in [1.807, 2.05) is 42.2 Å². The summed E-state index contributed by atoms with van der Waals surface area (Å²) in [4.78, 5) is 43.9. The Kier molecular flexibility index (Phi) is 6.46. The van der Waals surface area contributed by atoms with Gasteiger partial charge in [-0.2, -0.15) is 0 Å². The first kappa shape index (κ1) is 21.6. The number of anilines is 1. The van der Waals surface area contributed by atoms with Gasteiger partial charge in [0.2, 0.25) is 11.8 Å². The highest BCUT2D eigenvalue weighted by Crippen LogP contribution is 2.39. The zero-order chi connectivity index (χ0) is 21.8. The number of ether oxygens (including phenoxy) is 1. The van der Waals surface area contributed by atoms with E-state index in [1.54, 1.807) is 4.90 Å². The Morgan fingerprint density at radius 1 is 1.19 bits per heavy atom. The molecule has 3 fully saturated rings. The van der Waals surface area contributed by atoms with Crippen molar-refractivity contribution in [3.63, 3.8) is 0 Å². The molecule has 0 aliphatic carbocycles. The molecular weight excluding hydrogens is 396 g/mol. The summed E-state index contributed by atoms with van der Waals surface area (Å²) in [5, 5.41) is 2.92. The molecule has 168 valence electrons. The van der Waals surface area contributed by atoms with Gasteiger partial charge in [0, 0.05) is 38.3 Å². The molecule has 0 aromatic heterocycles. The number of carbonyl (C=O) groups excluding carboxylic acids is 3. The largest absolute Gasteiger partial charge is 0.376 e. The zero-order valence-corrected chi connectivity index (χ0v) is 18.2. The van der Waals surface area contributed by atoms with Crippen molar-refractivity contribution >= 4 is 23.4 Å². The fourth-order valence-electron chi connectivity index (χ4n) is 4.93. The molecule has 1 aromatic rings. The van der Waals surface area contributed by atoms with Crippen LogP contribution < -0.4 is 10.2 Å². The minimum atomic E-state index is -0.708. The molecule has 3 aliphatic heterocycles. The fourth-order valence-corrected chi connectivity index (χ4v) is 4.93. The van der Waals surface area contributed by atoms with Gasteiger partial charge in [-0.25, -0.2) is 0 Å². The molecule has 1 atom stereocenters. The van der Waals surface area contributed by atoms with E-state index in [2.05, 4.69) is 10.2 Å². The first-order valence-electron chi connectivity index (χ1n) is 11.3. The second kappa shape index (κ2) is 9.26. The maximum Gasteiger partial charge on any atom is 0.250 e. The molecule has 0 bridgehead atoms. The number of amides is 3. The summed E-state index contributed by atoms with van der Waals surface area (Å²) in [7, 11) is 0. The van der Waals surface area contributed by atoms with E-state index in [4.69, 9.17) is 4.74 Å². The number of hydrogen-bond donors (Lipinski definition) is 1. The molecule has 3 heterocycles. The molecule has 1 aromatic carbocycles. The molecule has 1 spiro atoms. The SMILES string of the molecule is CCC(=O)N1CCC2(CC1)C(=O)N(CC(=O)NC[C@@H]1CCCO1)CN2c1ccccc1. The first-order valence-corrected chi connectivity index (χ1v) is 11.3. The van der Waals surface area contributed by atoms with Gasteiger partial charge in [0.05, 0.1) is 12.8 Å². The molecule has 3 saturated heterocycles. The van der Waals surface area contributed by atoms with Crippen molar-refractivity contribution in [2.45, 2.75) is 50.7 Å². The molecule has 8 heteroatoms. The van der Waals surface area contributed by atoms with E-state index in [-0.39, 0.29) is 30.4 Å².